The SMILES string of the molecule is COC(=O)NC(C(=O)N1CCC[C@H]1C)C(C)C. The first-order valence-electron chi connectivity index (χ1n) is 6.12. The molecule has 1 saturated heterocycles. The highest BCUT2D eigenvalue weighted by atomic mass is 16.5. The molecule has 0 spiro atoms. The first kappa shape index (κ1) is 13.8. The van der Waals surface area contributed by atoms with Gasteiger partial charge in [-0.15, -0.1) is 0 Å². The lowest BCUT2D eigenvalue weighted by Gasteiger charge is -2.29. The van der Waals surface area contributed by atoms with E-state index in [0.717, 1.165) is 19.4 Å². The predicted octanol–water partition coefficient (Wildman–Crippen LogP) is 1.38. The lowest BCUT2D eigenvalue weighted by Crippen LogP contribution is -2.52. The molecule has 2 amide bonds. The molecule has 0 aliphatic carbocycles. The van der Waals surface area contributed by atoms with Gasteiger partial charge in [0.1, 0.15) is 6.04 Å². The largest absolute Gasteiger partial charge is 0.453 e. The lowest BCUT2D eigenvalue weighted by atomic mass is 10.0. The molecule has 0 aromatic heterocycles. The Morgan fingerprint density at radius 2 is 2.06 bits per heavy atom. The quantitative estimate of drug-likeness (QED) is 0.813. The fraction of sp³-hybridized carbons (Fsp3) is 0.833. The third-order valence-electron chi connectivity index (χ3n) is 3.23. The zero-order chi connectivity index (χ0) is 13.0. The van der Waals surface area contributed by atoms with Gasteiger partial charge >= 0.3 is 6.09 Å². The highest BCUT2D eigenvalue weighted by molar-refractivity contribution is 5.86. The molecular weight excluding hydrogens is 220 g/mol. The van der Waals surface area contributed by atoms with Crippen molar-refractivity contribution < 1.29 is 14.3 Å². The van der Waals surface area contributed by atoms with Gasteiger partial charge in [-0.3, -0.25) is 4.79 Å². The number of amides is 2. The topological polar surface area (TPSA) is 58.6 Å². The number of likely N-dealkylation sites (tertiary alicyclic amines) is 1. The number of carbonyl (C=O) groups excluding carboxylic acids is 2. The minimum absolute atomic E-state index is 0.00426. The number of nitrogens with zero attached hydrogens (tertiary/aromatic N) is 1. The van der Waals surface area contributed by atoms with Crippen molar-refractivity contribution in [3.63, 3.8) is 0 Å². The van der Waals surface area contributed by atoms with Crippen molar-refractivity contribution in [2.24, 2.45) is 5.92 Å². The molecule has 0 bridgehead atoms. The van der Waals surface area contributed by atoms with Crippen molar-refractivity contribution in [3.05, 3.63) is 0 Å². The Labute approximate surface area is 102 Å². The van der Waals surface area contributed by atoms with Gasteiger partial charge in [0.05, 0.1) is 7.11 Å². The van der Waals surface area contributed by atoms with Gasteiger partial charge in [-0.25, -0.2) is 4.79 Å². The van der Waals surface area contributed by atoms with E-state index >= 15 is 0 Å². The van der Waals surface area contributed by atoms with Crippen molar-refractivity contribution in [2.75, 3.05) is 13.7 Å². The molecule has 5 nitrogen and oxygen atoms in total. The van der Waals surface area contributed by atoms with Gasteiger partial charge in [0.25, 0.3) is 0 Å². The molecule has 1 unspecified atom stereocenters. The number of nitrogens with one attached hydrogen (secondary N) is 1. The Morgan fingerprint density at radius 3 is 2.47 bits per heavy atom. The second kappa shape index (κ2) is 5.89. The van der Waals surface area contributed by atoms with Crippen molar-refractivity contribution in [1.82, 2.24) is 10.2 Å². The molecule has 1 N–H and O–H groups in total. The molecule has 1 aliphatic rings. The van der Waals surface area contributed by atoms with E-state index in [1.807, 2.05) is 25.7 Å². The maximum Gasteiger partial charge on any atom is 0.407 e. The van der Waals surface area contributed by atoms with Crippen LogP contribution >= 0.6 is 0 Å². The van der Waals surface area contributed by atoms with Crippen LogP contribution in [0.3, 0.4) is 0 Å². The number of alkyl carbamates (subject to hydrolysis) is 1. The molecule has 1 rings (SSSR count). The number of hydrogen-bond acceptors (Lipinski definition) is 3. The summed E-state index contributed by atoms with van der Waals surface area (Å²) in [4.78, 5) is 25.4. The second-order valence-corrected chi connectivity index (χ2v) is 4.88. The van der Waals surface area contributed by atoms with Crippen molar-refractivity contribution >= 4 is 12.0 Å². The summed E-state index contributed by atoms with van der Waals surface area (Å²) in [6.45, 7) is 6.66. The highest BCUT2D eigenvalue weighted by Crippen LogP contribution is 2.19. The van der Waals surface area contributed by atoms with Gasteiger partial charge in [-0.05, 0) is 25.7 Å². The summed E-state index contributed by atoms with van der Waals surface area (Å²) < 4.78 is 4.55. The van der Waals surface area contributed by atoms with Crippen LogP contribution in [-0.4, -0.2) is 42.6 Å². The molecule has 1 heterocycles. The molecule has 0 aromatic rings. The van der Waals surface area contributed by atoms with E-state index < -0.39 is 12.1 Å². The van der Waals surface area contributed by atoms with Crippen LogP contribution in [0.25, 0.3) is 0 Å². The molecule has 98 valence electrons. The molecule has 0 saturated carbocycles. The first-order valence-corrected chi connectivity index (χ1v) is 6.12. The Hall–Kier alpha value is -1.26. The summed E-state index contributed by atoms with van der Waals surface area (Å²) in [5, 5.41) is 2.61. The van der Waals surface area contributed by atoms with Gasteiger partial charge in [0.2, 0.25) is 5.91 Å². The molecule has 2 atom stereocenters. The average Bonchev–Trinajstić information content (AvgIpc) is 2.70. The Balaban J connectivity index is 2.69. The van der Waals surface area contributed by atoms with Crippen LogP contribution in [0.1, 0.15) is 33.6 Å². The number of carbonyl (C=O) groups is 2. The summed E-state index contributed by atoms with van der Waals surface area (Å²) in [5.41, 5.74) is 0. The smallest absolute Gasteiger partial charge is 0.407 e. The fourth-order valence-electron chi connectivity index (χ4n) is 2.14. The van der Waals surface area contributed by atoms with E-state index in [1.165, 1.54) is 7.11 Å². The van der Waals surface area contributed by atoms with E-state index in [-0.39, 0.29) is 17.9 Å². The third kappa shape index (κ3) is 3.35. The van der Waals surface area contributed by atoms with E-state index in [0.29, 0.717) is 0 Å². The monoisotopic (exact) mass is 242 g/mol. The molecule has 17 heavy (non-hydrogen) atoms. The molecule has 0 radical (unpaired) electrons. The van der Waals surface area contributed by atoms with Crippen LogP contribution in [0, 0.1) is 5.92 Å². The van der Waals surface area contributed by atoms with Gasteiger partial charge in [0.15, 0.2) is 0 Å². The fourth-order valence-corrected chi connectivity index (χ4v) is 2.14. The Bertz CT molecular complexity index is 291. The lowest BCUT2D eigenvalue weighted by molar-refractivity contribution is -0.134. The minimum atomic E-state index is -0.552. The van der Waals surface area contributed by atoms with Gasteiger partial charge < -0.3 is 15.0 Å². The number of methoxy groups -OCH3 is 1. The summed E-state index contributed by atoms with van der Waals surface area (Å²) in [6, 6.07) is -0.230. The van der Waals surface area contributed by atoms with Crippen LogP contribution in [0.4, 0.5) is 4.79 Å². The third-order valence-corrected chi connectivity index (χ3v) is 3.23. The maximum atomic E-state index is 12.3. The maximum absolute atomic E-state index is 12.3. The summed E-state index contributed by atoms with van der Waals surface area (Å²) in [6.07, 6.45) is 1.52. The van der Waals surface area contributed by atoms with Gasteiger partial charge in [0, 0.05) is 12.6 Å². The standard InChI is InChI=1S/C12H22N2O3/c1-8(2)10(13-12(16)17-4)11(15)14-7-5-6-9(14)3/h8-10H,5-7H2,1-4H3,(H,13,16)/t9-,10?/m1/s1. The van der Waals surface area contributed by atoms with Gasteiger partial charge in [-0.2, -0.15) is 0 Å². The second-order valence-electron chi connectivity index (χ2n) is 4.88. The van der Waals surface area contributed by atoms with E-state index in [2.05, 4.69) is 10.1 Å². The summed E-state index contributed by atoms with van der Waals surface area (Å²) >= 11 is 0. The highest BCUT2D eigenvalue weighted by Gasteiger charge is 2.33. The molecule has 5 heteroatoms. The average molecular weight is 242 g/mol. The first-order chi connectivity index (χ1) is 7.97. The zero-order valence-corrected chi connectivity index (χ0v) is 11.0. The van der Waals surface area contributed by atoms with Crippen LogP contribution in [0.2, 0.25) is 0 Å². The normalized spacial score (nSPS) is 21.5. The van der Waals surface area contributed by atoms with Crippen LogP contribution in [0.5, 0.6) is 0 Å². The number of hydrogen-bond donors (Lipinski definition) is 1. The molecule has 0 aromatic carbocycles. The summed E-state index contributed by atoms with van der Waals surface area (Å²) in [7, 11) is 1.30. The molecule has 1 fully saturated rings. The Morgan fingerprint density at radius 1 is 1.41 bits per heavy atom. The van der Waals surface area contributed by atoms with Crippen LogP contribution in [0.15, 0.2) is 0 Å². The van der Waals surface area contributed by atoms with Crippen molar-refractivity contribution in [3.8, 4) is 0 Å². The van der Waals surface area contributed by atoms with E-state index in [4.69, 9.17) is 0 Å². The predicted molar refractivity (Wildman–Crippen MR) is 64.6 cm³/mol. The number of ether oxygens (including phenoxy) is 1. The van der Waals surface area contributed by atoms with E-state index in [1.54, 1.807) is 0 Å². The molecule has 1 aliphatic heterocycles. The minimum Gasteiger partial charge on any atom is -0.453 e. The van der Waals surface area contributed by atoms with Crippen LogP contribution in [-0.2, 0) is 9.53 Å². The Kier molecular flexibility index (Phi) is 4.78. The van der Waals surface area contributed by atoms with Crippen LogP contribution < -0.4 is 5.32 Å². The number of rotatable bonds is 3. The molecular formula is C12H22N2O3. The summed E-state index contributed by atoms with van der Waals surface area (Å²) in [5.74, 6) is 0.0461. The van der Waals surface area contributed by atoms with E-state index in [9.17, 15) is 9.59 Å². The zero-order valence-electron chi connectivity index (χ0n) is 11.0. The van der Waals surface area contributed by atoms with Gasteiger partial charge in [-0.1, -0.05) is 13.8 Å². The van der Waals surface area contributed by atoms with Crippen molar-refractivity contribution in [2.45, 2.75) is 45.7 Å². The van der Waals surface area contributed by atoms with Crippen molar-refractivity contribution in [1.29, 1.82) is 0 Å².